The molecule has 0 aromatic carbocycles. The third kappa shape index (κ3) is 3.01. The first-order chi connectivity index (χ1) is 6.61. The summed E-state index contributed by atoms with van der Waals surface area (Å²) in [6.07, 6.45) is 4.23. The lowest BCUT2D eigenvalue weighted by atomic mass is 10.1. The second-order valence-electron chi connectivity index (χ2n) is 3.99. The molecule has 0 spiro atoms. The van der Waals surface area contributed by atoms with E-state index in [1.165, 1.54) is 4.90 Å². The van der Waals surface area contributed by atoms with Crippen LogP contribution in [0.5, 0.6) is 0 Å². The standard InChI is InChI=1S/C10H18N2O2/c1-12(2)9(13)7-11-10(14)8-5-3-4-6-8/h8H,3-7H2,1-2H3,(H,11,14). The number of carbonyl (C=O) groups excluding carboxylic acids is 2. The third-order valence-corrected chi connectivity index (χ3v) is 2.64. The highest BCUT2D eigenvalue weighted by Gasteiger charge is 2.22. The molecule has 0 aromatic heterocycles. The normalized spacial score (nSPS) is 16.7. The van der Waals surface area contributed by atoms with E-state index in [4.69, 9.17) is 0 Å². The van der Waals surface area contributed by atoms with Crippen LogP contribution in [0, 0.1) is 5.92 Å². The zero-order chi connectivity index (χ0) is 10.6. The van der Waals surface area contributed by atoms with Crippen LogP contribution in [0.4, 0.5) is 0 Å². The third-order valence-electron chi connectivity index (χ3n) is 2.64. The average Bonchev–Trinajstić information content (AvgIpc) is 2.66. The highest BCUT2D eigenvalue weighted by Crippen LogP contribution is 2.24. The maximum Gasteiger partial charge on any atom is 0.241 e. The van der Waals surface area contributed by atoms with Gasteiger partial charge in [0.25, 0.3) is 0 Å². The summed E-state index contributed by atoms with van der Waals surface area (Å²) in [5, 5.41) is 2.68. The Morgan fingerprint density at radius 1 is 1.29 bits per heavy atom. The van der Waals surface area contributed by atoms with Crippen LogP contribution in [-0.4, -0.2) is 37.4 Å². The van der Waals surface area contributed by atoms with Crippen LogP contribution in [0.1, 0.15) is 25.7 Å². The summed E-state index contributed by atoms with van der Waals surface area (Å²) >= 11 is 0. The van der Waals surface area contributed by atoms with E-state index in [-0.39, 0.29) is 24.3 Å². The van der Waals surface area contributed by atoms with Gasteiger partial charge in [0.05, 0.1) is 6.54 Å². The maximum atomic E-state index is 11.5. The molecule has 0 heterocycles. The summed E-state index contributed by atoms with van der Waals surface area (Å²) in [5.41, 5.74) is 0. The zero-order valence-electron chi connectivity index (χ0n) is 8.88. The number of likely N-dealkylation sites (N-methyl/N-ethyl adjacent to an activating group) is 1. The minimum absolute atomic E-state index is 0.0395. The van der Waals surface area contributed by atoms with E-state index in [0.29, 0.717) is 0 Å². The molecule has 1 N–H and O–H groups in total. The van der Waals surface area contributed by atoms with Gasteiger partial charge in [-0.15, -0.1) is 0 Å². The summed E-state index contributed by atoms with van der Waals surface area (Å²) in [7, 11) is 3.37. The Kier molecular flexibility index (Phi) is 3.92. The molecule has 1 fully saturated rings. The van der Waals surface area contributed by atoms with Crippen LogP contribution < -0.4 is 5.32 Å². The Morgan fingerprint density at radius 2 is 1.86 bits per heavy atom. The molecule has 1 aliphatic carbocycles. The predicted molar refractivity (Wildman–Crippen MR) is 53.7 cm³/mol. The molecular weight excluding hydrogens is 180 g/mol. The molecule has 1 aliphatic rings. The number of hydrogen-bond donors (Lipinski definition) is 1. The van der Waals surface area contributed by atoms with Crippen molar-refractivity contribution in [2.45, 2.75) is 25.7 Å². The molecule has 0 atom stereocenters. The Balaban J connectivity index is 2.23. The smallest absolute Gasteiger partial charge is 0.241 e. The van der Waals surface area contributed by atoms with Gasteiger partial charge in [0.15, 0.2) is 0 Å². The van der Waals surface area contributed by atoms with Crippen LogP contribution in [0.2, 0.25) is 0 Å². The van der Waals surface area contributed by atoms with E-state index < -0.39 is 0 Å². The first-order valence-corrected chi connectivity index (χ1v) is 5.09. The first-order valence-electron chi connectivity index (χ1n) is 5.09. The van der Waals surface area contributed by atoms with Gasteiger partial charge >= 0.3 is 0 Å². The van der Waals surface area contributed by atoms with Crippen LogP contribution in [0.25, 0.3) is 0 Å². The Bertz CT molecular complexity index is 220. The Hall–Kier alpha value is -1.06. The molecule has 80 valence electrons. The number of carbonyl (C=O) groups is 2. The molecule has 0 saturated heterocycles. The van der Waals surface area contributed by atoms with Gasteiger partial charge in [-0.3, -0.25) is 9.59 Å². The summed E-state index contributed by atoms with van der Waals surface area (Å²) < 4.78 is 0. The highest BCUT2D eigenvalue weighted by molar-refractivity contribution is 5.85. The van der Waals surface area contributed by atoms with Crippen molar-refractivity contribution in [3.63, 3.8) is 0 Å². The molecule has 0 aromatic rings. The lowest BCUT2D eigenvalue weighted by molar-refractivity contribution is -0.132. The van der Waals surface area contributed by atoms with Crippen LogP contribution in [0.15, 0.2) is 0 Å². The lowest BCUT2D eigenvalue weighted by Gasteiger charge is -2.13. The van der Waals surface area contributed by atoms with Gasteiger partial charge in [0.2, 0.25) is 11.8 Å². The molecule has 2 amide bonds. The van der Waals surface area contributed by atoms with Gasteiger partial charge in [0.1, 0.15) is 0 Å². The molecule has 0 aliphatic heterocycles. The van der Waals surface area contributed by atoms with Crippen LogP contribution >= 0.6 is 0 Å². The molecule has 14 heavy (non-hydrogen) atoms. The Morgan fingerprint density at radius 3 is 2.36 bits per heavy atom. The lowest BCUT2D eigenvalue weighted by Crippen LogP contribution is -2.38. The molecule has 0 radical (unpaired) electrons. The summed E-state index contributed by atoms with van der Waals surface area (Å²) in [5.74, 6) is 0.124. The summed E-state index contributed by atoms with van der Waals surface area (Å²) in [4.78, 5) is 24.1. The van der Waals surface area contributed by atoms with Gasteiger partial charge in [0, 0.05) is 20.0 Å². The van der Waals surface area contributed by atoms with Crippen molar-refractivity contribution in [2.24, 2.45) is 5.92 Å². The van der Waals surface area contributed by atoms with Gasteiger partial charge in [-0.1, -0.05) is 12.8 Å². The van der Waals surface area contributed by atoms with E-state index in [1.54, 1.807) is 14.1 Å². The largest absolute Gasteiger partial charge is 0.347 e. The monoisotopic (exact) mass is 198 g/mol. The van der Waals surface area contributed by atoms with E-state index in [2.05, 4.69) is 5.32 Å². The fourth-order valence-electron chi connectivity index (χ4n) is 1.65. The minimum atomic E-state index is -0.0589. The van der Waals surface area contributed by atoms with Gasteiger partial charge in [-0.2, -0.15) is 0 Å². The fraction of sp³-hybridized carbons (Fsp3) is 0.800. The van der Waals surface area contributed by atoms with Gasteiger partial charge in [-0.05, 0) is 12.8 Å². The van der Waals surface area contributed by atoms with Crippen molar-refractivity contribution in [1.82, 2.24) is 10.2 Å². The molecule has 4 nitrogen and oxygen atoms in total. The van der Waals surface area contributed by atoms with Crippen LogP contribution in [0.3, 0.4) is 0 Å². The van der Waals surface area contributed by atoms with E-state index >= 15 is 0 Å². The van der Waals surface area contributed by atoms with Crippen molar-refractivity contribution in [1.29, 1.82) is 0 Å². The fourth-order valence-corrected chi connectivity index (χ4v) is 1.65. The molecule has 0 bridgehead atoms. The van der Waals surface area contributed by atoms with Crippen molar-refractivity contribution in [3.05, 3.63) is 0 Å². The van der Waals surface area contributed by atoms with E-state index in [0.717, 1.165) is 25.7 Å². The quantitative estimate of drug-likeness (QED) is 0.712. The predicted octanol–water partition coefficient (Wildman–Crippen LogP) is 0.381. The SMILES string of the molecule is CN(C)C(=O)CNC(=O)C1CCCC1. The molecule has 0 unspecified atom stereocenters. The topological polar surface area (TPSA) is 49.4 Å². The van der Waals surface area contributed by atoms with Gasteiger partial charge < -0.3 is 10.2 Å². The van der Waals surface area contributed by atoms with Crippen molar-refractivity contribution in [2.75, 3.05) is 20.6 Å². The number of nitrogens with zero attached hydrogens (tertiary/aromatic N) is 1. The van der Waals surface area contributed by atoms with Gasteiger partial charge in [-0.25, -0.2) is 0 Å². The number of rotatable bonds is 3. The highest BCUT2D eigenvalue weighted by atomic mass is 16.2. The summed E-state index contributed by atoms with van der Waals surface area (Å²) in [6, 6.07) is 0. The molecule has 1 saturated carbocycles. The maximum absolute atomic E-state index is 11.5. The Labute approximate surface area is 84.7 Å². The first kappa shape index (κ1) is 11.0. The molecule has 4 heteroatoms. The minimum Gasteiger partial charge on any atom is -0.347 e. The van der Waals surface area contributed by atoms with Crippen molar-refractivity contribution >= 4 is 11.8 Å². The second kappa shape index (κ2) is 4.98. The number of amides is 2. The number of hydrogen-bond acceptors (Lipinski definition) is 2. The van der Waals surface area contributed by atoms with Crippen molar-refractivity contribution < 1.29 is 9.59 Å². The molecular formula is C10H18N2O2. The second-order valence-corrected chi connectivity index (χ2v) is 3.99. The van der Waals surface area contributed by atoms with E-state index in [9.17, 15) is 9.59 Å². The molecule has 1 rings (SSSR count). The van der Waals surface area contributed by atoms with Crippen LogP contribution in [-0.2, 0) is 9.59 Å². The zero-order valence-corrected chi connectivity index (χ0v) is 8.88. The van der Waals surface area contributed by atoms with E-state index in [1.807, 2.05) is 0 Å². The number of nitrogens with one attached hydrogen (secondary N) is 1. The van der Waals surface area contributed by atoms with Crippen molar-refractivity contribution in [3.8, 4) is 0 Å². The average molecular weight is 198 g/mol. The summed E-state index contributed by atoms with van der Waals surface area (Å²) in [6.45, 7) is 0.127.